The van der Waals surface area contributed by atoms with Gasteiger partial charge in [-0.3, -0.25) is 9.98 Å². The van der Waals surface area contributed by atoms with E-state index in [1.807, 2.05) is 6.21 Å². The third-order valence-electron chi connectivity index (χ3n) is 8.02. The molecule has 0 aromatic heterocycles. The van der Waals surface area contributed by atoms with E-state index >= 15 is 0 Å². The van der Waals surface area contributed by atoms with Crippen LogP contribution in [0, 0.1) is 0 Å². The van der Waals surface area contributed by atoms with E-state index in [1.165, 1.54) is 113 Å². The predicted molar refractivity (Wildman–Crippen MR) is 190 cm³/mol. The van der Waals surface area contributed by atoms with Gasteiger partial charge in [-0.25, -0.2) is 0 Å². The molecule has 0 aliphatic rings. The molecule has 2 aromatic carbocycles. The average molecular weight is 630 g/mol. The Kier molecular flexibility index (Phi) is 24.0. The first-order chi connectivity index (χ1) is 20.7. The van der Waals surface area contributed by atoms with Gasteiger partial charge >= 0.3 is 0 Å². The van der Waals surface area contributed by atoms with Crippen LogP contribution >= 0.6 is 0 Å². The normalized spacial score (nSPS) is 12.0. The molecular weight excluding hydrogens is 567 g/mol. The first-order valence-corrected chi connectivity index (χ1v) is 17.7. The summed E-state index contributed by atoms with van der Waals surface area (Å²) < 4.78 is 0. The zero-order valence-electron chi connectivity index (χ0n) is 28.1. The molecule has 2 rings (SSSR count). The van der Waals surface area contributed by atoms with E-state index in [2.05, 4.69) is 82.3 Å². The molecule has 0 unspecified atom stereocenters. The molecule has 0 atom stereocenters. The van der Waals surface area contributed by atoms with Gasteiger partial charge in [-0.1, -0.05) is 135 Å². The molecule has 0 heterocycles. The van der Waals surface area contributed by atoms with E-state index in [9.17, 15) is 0 Å². The van der Waals surface area contributed by atoms with Crippen molar-refractivity contribution in [3.8, 4) is 0 Å². The van der Waals surface area contributed by atoms with E-state index in [1.54, 1.807) is 0 Å². The van der Waals surface area contributed by atoms with Gasteiger partial charge in [-0.05, 0) is 92.3 Å². The van der Waals surface area contributed by atoms with Gasteiger partial charge in [0, 0.05) is 22.7 Å². The van der Waals surface area contributed by atoms with E-state index in [0.29, 0.717) is 0 Å². The second-order valence-corrected chi connectivity index (χ2v) is 12.1. The van der Waals surface area contributed by atoms with Crippen LogP contribution < -0.4 is 0 Å². The smallest absolute Gasteiger partial charge is 0.0635 e. The van der Waals surface area contributed by atoms with Crippen LogP contribution in [0.1, 0.15) is 160 Å². The Morgan fingerprint density at radius 3 is 1.70 bits per heavy atom. The third kappa shape index (κ3) is 19.1. The van der Waals surface area contributed by atoms with Crippen LogP contribution in [0.4, 0.5) is 11.4 Å². The fourth-order valence-electron chi connectivity index (χ4n) is 5.36. The Labute approximate surface area is 276 Å². The van der Waals surface area contributed by atoms with Crippen molar-refractivity contribution in [1.29, 1.82) is 0 Å². The molecule has 3 heteroatoms. The zero-order valence-corrected chi connectivity index (χ0v) is 29.1. The molecule has 0 amide bonds. The summed E-state index contributed by atoms with van der Waals surface area (Å²) in [6, 6.07) is 15.7. The maximum Gasteiger partial charge on any atom is 0.0635 e. The molecule has 0 aliphatic heterocycles. The number of nitrogens with zero attached hydrogens (tertiary/aromatic N) is 2. The second kappa shape index (κ2) is 26.4. The number of allylic oxidation sites excluding steroid dienone is 1. The van der Waals surface area contributed by atoms with Crippen molar-refractivity contribution < 1.29 is 16.5 Å². The Bertz CT molecular complexity index is 1010. The molecule has 43 heavy (non-hydrogen) atoms. The van der Waals surface area contributed by atoms with Crippen molar-refractivity contribution in [1.82, 2.24) is 0 Å². The van der Waals surface area contributed by atoms with Gasteiger partial charge in [0.05, 0.1) is 17.1 Å². The van der Waals surface area contributed by atoms with E-state index in [0.717, 1.165) is 49.2 Å². The summed E-state index contributed by atoms with van der Waals surface area (Å²) in [7, 11) is 0. The number of hydrogen-bond donors (Lipinski definition) is 0. The maximum absolute atomic E-state index is 5.02. The zero-order chi connectivity index (χ0) is 30.1. The summed E-state index contributed by atoms with van der Waals surface area (Å²) >= 11 is 0. The van der Waals surface area contributed by atoms with Crippen LogP contribution in [0.15, 0.2) is 58.5 Å². The molecule has 0 radical (unpaired) electrons. The van der Waals surface area contributed by atoms with Gasteiger partial charge in [-0.2, -0.15) is 0 Å². The Balaban J connectivity index is 0.00000924. The Hall–Kier alpha value is -1.99. The number of unbranched alkanes of at least 4 members (excludes halogenated alkanes) is 13. The number of rotatable bonds is 24. The molecule has 0 spiro atoms. The largest absolute Gasteiger partial charge is 0.255 e. The minimum Gasteiger partial charge on any atom is -0.255 e. The van der Waals surface area contributed by atoms with Crippen molar-refractivity contribution in [2.75, 3.05) is 0 Å². The first-order valence-electron chi connectivity index (χ1n) is 17.7. The maximum atomic E-state index is 5.02. The topological polar surface area (TPSA) is 24.7 Å². The summed E-state index contributed by atoms with van der Waals surface area (Å²) in [6.07, 6.45) is 32.0. The third-order valence-corrected chi connectivity index (χ3v) is 8.02. The minimum atomic E-state index is 0. The SMILES string of the molecule is CCCCCCCCCCC=Cc1ccc(N=C(C=Nc2cc(CCCCC)cc(CCCCC)c2)CCCC)cc1.[Ni]. The van der Waals surface area contributed by atoms with Crippen LogP contribution in [0.25, 0.3) is 6.08 Å². The fraction of sp³-hybridized carbons (Fsp3) is 0.600. The van der Waals surface area contributed by atoms with Gasteiger partial charge in [-0.15, -0.1) is 0 Å². The van der Waals surface area contributed by atoms with Gasteiger partial charge in [0.25, 0.3) is 0 Å². The summed E-state index contributed by atoms with van der Waals surface area (Å²) in [4.78, 5) is 9.99. The summed E-state index contributed by atoms with van der Waals surface area (Å²) in [5.41, 5.74) is 7.29. The molecule has 2 nitrogen and oxygen atoms in total. The molecule has 0 bridgehead atoms. The Morgan fingerprint density at radius 2 is 1.12 bits per heavy atom. The van der Waals surface area contributed by atoms with Gasteiger partial charge in [0.1, 0.15) is 0 Å². The average Bonchev–Trinajstić information content (AvgIpc) is 3.00. The fourth-order valence-corrected chi connectivity index (χ4v) is 5.36. The number of aliphatic imine (C=N–C) groups is 2. The van der Waals surface area contributed by atoms with Crippen LogP contribution in [0.3, 0.4) is 0 Å². The van der Waals surface area contributed by atoms with Gasteiger partial charge < -0.3 is 0 Å². The number of hydrogen-bond acceptors (Lipinski definition) is 2. The van der Waals surface area contributed by atoms with Crippen molar-refractivity contribution >= 4 is 29.4 Å². The molecule has 242 valence electrons. The molecule has 0 saturated carbocycles. The van der Waals surface area contributed by atoms with E-state index in [4.69, 9.17) is 9.98 Å². The van der Waals surface area contributed by atoms with Crippen LogP contribution in [0.5, 0.6) is 0 Å². The quantitative estimate of drug-likeness (QED) is 0.0627. The van der Waals surface area contributed by atoms with E-state index < -0.39 is 0 Å². The van der Waals surface area contributed by atoms with Gasteiger partial charge in [0.15, 0.2) is 0 Å². The molecule has 0 aliphatic carbocycles. The minimum absolute atomic E-state index is 0. The van der Waals surface area contributed by atoms with Crippen LogP contribution in [0.2, 0.25) is 0 Å². The summed E-state index contributed by atoms with van der Waals surface area (Å²) in [5, 5.41) is 0. The predicted octanol–water partition coefficient (Wildman–Crippen LogP) is 13.4. The van der Waals surface area contributed by atoms with Crippen molar-refractivity contribution in [3.63, 3.8) is 0 Å². The summed E-state index contributed by atoms with van der Waals surface area (Å²) in [6.45, 7) is 9.08. The summed E-state index contributed by atoms with van der Waals surface area (Å²) in [5.74, 6) is 0. The molecule has 0 N–H and O–H groups in total. The molecular formula is C40H62N2Ni. The second-order valence-electron chi connectivity index (χ2n) is 12.1. The van der Waals surface area contributed by atoms with E-state index in [-0.39, 0.29) is 16.5 Å². The van der Waals surface area contributed by atoms with Crippen molar-refractivity contribution in [2.45, 2.75) is 156 Å². The number of benzene rings is 2. The van der Waals surface area contributed by atoms with Crippen LogP contribution in [-0.2, 0) is 29.3 Å². The monoisotopic (exact) mass is 628 g/mol. The van der Waals surface area contributed by atoms with Crippen molar-refractivity contribution in [2.24, 2.45) is 9.98 Å². The van der Waals surface area contributed by atoms with Gasteiger partial charge in [0.2, 0.25) is 0 Å². The standard InChI is InChI=1S/C40H62N2.Ni/c1-5-9-13-14-15-16-17-18-19-22-23-35-27-29-38(30-28-35)42-39(26-12-8-4)34-41-40-32-36(24-20-10-6-2)31-37(33-40)25-21-11-7-3;/h22-23,27-34H,5-21,24-26H2,1-4H3;. The van der Waals surface area contributed by atoms with Crippen LogP contribution in [-0.4, -0.2) is 11.9 Å². The molecule has 0 saturated heterocycles. The first kappa shape index (κ1) is 39.0. The molecule has 2 aromatic rings. The van der Waals surface area contributed by atoms with Crippen molar-refractivity contribution in [3.05, 3.63) is 65.2 Å². The number of aryl methyl sites for hydroxylation is 2. The molecule has 0 fully saturated rings. The Morgan fingerprint density at radius 1 is 0.581 bits per heavy atom.